The molecule has 4 rings (SSSR count). The Hall–Kier alpha value is -2.79. The van der Waals surface area contributed by atoms with Crippen LogP contribution in [0.15, 0.2) is 54.6 Å². The Morgan fingerprint density at radius 2 is 1.61 bits per heavy atom. The van der Waals surface area contributed by atoms with Gasteiger partial charge in [0.2, 0.25) is 6.29 Å². The van der Waals surface area contributed by atoms with Crippen LogP contribution in [0.1, 0.15) is 68.4 Å². The van der Waals surface area contributed by atoms with Crippen molar-refractivity contribution in [2.75, 3.05) is 0 Å². The van der Waals surface area contributed by atoms with Gasteiger partial charge in [0.25, 0.3) is 0 Å². The van der Waals surface area contributed by atoms with Gasteiger partial charge in [-0.3, -0.25) is 0 Å². The van der Waals surface area contributed by atoms with Gasteiger partial charge in [-0.15, -0.1) is 0 Å². The molecular formula is C28H29F3O2. The lowest BCUT2D eigenvalue weighted by molar-refractivity contribution is -0.0220. The molecule has 0 aromatic heterocycles. The first-order valence-corrected chi connectivity index (χ1v) is 11.6. The number of halogens is 3. The van der Waals surface area contributed by atoms with E-state index in [4.69, 9.17) is 4.74 Å². The number of hydrogen-bond donors (Lipinski definition) is 1. The van der Waals surface area contributed by atoms with E-state index < -0.39 is 23.7 Å². The zero-order valence-electron chi connectivity index (χ0n) is 19.0. The molecule has 0 amide bonds. The minimum atomic E-state index is -1.39. The molecule has 0 radical (unpaired) electrons. The van der Waals surface area contributed by atoms with Crippen LogP contribution < -0.4 is 4.74 Å². The highest BCUT2D eigenvalue weighted by atomic mass is 19.2. The molecule has 174 valence electrons. The normalized spacial score (nSPS) is 19.3. The number of ether oxygens (including phenoxy) is 1. The number of benzene rings is 3. The van der Waals surface area contributed by atoms with Gasteiger partial charge in [0.1, 0.15) is 0 Å². The zero-order valence-corrected chi connectivity index (χ0v) is 19.0. The second kappa shape index (κ2) is 10.0. The minimum Gasteiger partial charge on any atom is -0.458 e. The molecule has 3 aromatic rings. The van der Waals surface area contributed by atoms with Crippen LogP contribution in [0.2, 0.25) is 0 Å². The third-order valence-corrected chi connectivity index (χ3v) is 6.72. The molecule has 0 saturated heterocycles. The quantitative estimate of drug-likeness (QED) is 0.387. The molecule has 1 fully saturated rings. The van der Waals surface area contributed by atoms with Crippen LogP contribution in [0.3, 0.4) is 0 Å². The summed E-state index contributed by atoms with van der Waals surface area (Å²) < 4.78 is 49.4. The van der Waals surface area contributed by atoms with E-state index in [1.165, 1.54) is 12.1 Å². The minimum absolute atomic E-state index is 0.0513. The number of aliphatic hydroxyl groups excluding tert-OH is 1. The fourth-order valence-electron chi connectivity index (χ4n) is 4.55. The maximum absolute atomic E-state index is 14.9. The van der Waals surface area contributed by atoms with Gasteiger partial charge in [0, 0.05) is 11.1 Å². The summed E-state index contributed by atoms with van der Waals surface area (Å²) in [5.74, 6) is -1.52. The topological polar surface area (TPSA) is 29.5 Å². The average molecular weight is 455 g/mol. The standard InChI is InChI=1S/C28H29F3O2/c1-3-18-6-15-25(24(29)16-18)33-28(32)21-11-9-20(10-12-21)23-14-13-22(26(30)27(23)31)19-7-4-17(2)5-8-19/h6,9-17,19,28,32H,3-5,7-8H2,1-2H3. The Balaban J connectivity index is 1.50. The Morgan fingerprint density at radius 1 is 0.909 bits per heavy atom. The Morgan fingerprint density at radius 3 is 2.24 bits per heavy atom. The summed E-state index contributed by atoms with van der Waals surface area (Å²) in [5, 5.41) is 10.4. The molecule has 5 heteroatoms. The molecule has 0 spiro atoms. The average Bonchev–Trinajstić information content (AvgIpc) is 2.83. The van der Waals surface area contributed by atoms with E-state index >= 15 is 0 Å². The van der Waals surface area contributed by atoms with Crippen LogP contribution in [0.5, 0.6) is 5.75 Å². The third-order valence-electron chi connectivity index (χ3n) is 6.72. The molecular weight excluding hydrogens is 425 g/mol. The molecule has 2 nitrogen and oxygen atoms in total. The predicted molar refractivity (Wildman–Crippen MR) is 124 cm³/mol. The van der Waals surface area contributed by atoms with Gasteiger partial charge in [-0.1, -0.05) is 69.2 Å². The Labute approximate surface area is 193 Å². The van der Waals surface area contributed by atoms with Gasteiger partial charge >= 0.3 is 0 Å². The second-order valence-corrected chi connectivity index (χ2v) is 9.00. The molecule has 1 N–H and O–H groups in total. The predicted octanol–water partition coefficient (Wildman–Crippen LogP) is 7.70. The van der Waals surface area contributed by atoms with Crippen molar-refractivity contribution in [1.82, 2.24) is 0 Å². The first-order chi connectivity index (χ1) is 15.9. The highest BCUT2D eigenvalue weighted by Gasteiger charge is 2.25. The lowest BCUT2D eigenvalue weighted by atomic mass is 9.79. The van der Waals surface area contributed by atoms with Gasteiger partial charge in [-0.05, 0) is 59.9 Å². The number of rotatable bonds is 6. The van der Waals surface area contributed by atoms with Crippen LogP contribution >= 0.6 is 0 Å². The van der Waals surface area contributed by atoms with Gasteiger partial charge in [0.05, 0.1) is 0 Å². The van der Waals surface area contributed by atoms with Crippen molar-refractivity contribution < 1.29 is 23.0 Å². The highest BCUT2D eigenvalue weighted by molar-refractivity contribution is 5.65. The van der Waals surface area contributed by atoms with E-state index in [9.17, 15) is 18.3 Å². The molecule has 1 saturated carbocycles. The maximum atomic E-state index is 14.9. The molecule has 1 aliphatic carbocycles. The summed E-state index contributed by atoms with van der Waals surface area (Å²) >= 11 is 0. The molecule has 1 unspecified atom stereocenters. The first-order valence-electron chi connectivity index (χ1n) is 11.6. The number of aliphatic hydroxyl groups is 1. The van der Waals surface area contributed by atoms with E-state index in [1.54, 1.807) is 42.5 Å². The van der Waals surface area contributed by atoms with Crippen molar-refractivity contribution >= 4 is 0 Å². The SMILES string of the molecule is CCc1ccc(OC(O)c2ccc(-c3ccc(C4CCC(C)CC4)c(F)c3F)cc2)c(F)c1. The van der Waals surface area contributed by atoms with Crippen molar-refractivity contribution in [1.29, 1.82) is 0 Å². The van der Waals surface area contributed by atoms with E-state index in [1.807, 2.05) is 6.92 Å². The Kier molecular flexibility index (Phi) is 7.08. The molecule has 0 heterocycles. The van der Waals surface area contributed by atoms with Crippen LogP contribution in [0.4, 0.5) is 13.2 Å². The van der Waals surface area contributed by atoms with E-state index in [2.05, 4.69) is 6.92 Å². The maximum Gasteiger partial charge on any atom is 0.224 e. The van der Waals surface area contributed by atoms with E-state index in [0.29, 0.717) is 29.0 Å². The lowest BCUT2D eigenvalue weighted by Gasteiger charge is -2.27. The second-order valence-electron chi connectivity index (χ2n) is 9.00. The molecule has 33 heavy (non-hydrogen) atoms. The summed E-state index contributed by atoms with van der Waals surface area (Å²) in [6, 6.07) is 14.2. The van der Waals surface area contributed by atoms with Crippen LogP contribution in [0, 0.1) is 23.4 Å². The number of hydrogen-bond acceptors (Lipinski definition) is 2. The van der Waals surface area contributed by atoms with Gasteiger partial charge in [0.15, 0.2) is 23.2 Å². The highest BCUT2D eigenvalue weighted by Crippen LogP contribution is 2.39. The van der Waals surface area contributed by atoms with Crippen LogP contribution in [-0.2, 0) is 6.42 Å². The zero-order chi connectivity index (χ0) is 23.5. The third kappa shape index (κ3) is 5.09. The first kappa shape index (κ1) is 23.4. The van der Waals surface area contributed by atoms with Crippen molar-refractivity contribution in [3.63, 3.8) is 0 Å². The largest absolute Gasteiger partial charge is 0.458 e. The molecule has 3 aromatic carbocycles. The van der Waals surface area contributed by atoms with Crippen molar-refractivity contribution in [3.05, 3.63) is 88.7 Å². The fourth-order valence-corrected chi connectivity index (χ4v) is 4.55. The van der Waals surface area contributed by atoms with Crippen molar-refractivity contribution in [2.24, 2.45) is 5.92 Å². The van der Waals surface area contributed by atoms with Crippen molar-refractivity contribution in [2.45, 2.75) is 58.2 Å². The fraction of sp³-hybridized carbons (Fsp3) is 0.357. The summed E-state index contributed by atoms with van der Waals surface area (Å²) in [4.78, 5) is 0. The van der Waals surface area contributed by atoms with E-state index in [-0.39, 0.29) is 17.2 Å². The summed E-state index contributed by atoms with van der Waals surface area (Å²) in [6.45, 7) is 4.12. The Bertz CT molecular complexity index is 1100. The summed E-state index contributed by atoms with van der Waals surface area (Å²) in [6.07, 6.45) is 3.13. The van der Waals surface area contributed by atoms with E-state index in [0.717, 1.165) is 31.2 Å². The summed E-state index contributed by atoms with van der Waals surface area (Å²) in [5.41, 5.74) is 2.33. The molecule has 0 aliphatic heterocycles. The van der Waals surface area contributed by atoms with Gasteiger partial charge in [-0.25, -0.2) is 13.2 Å². The van der Waals surface area contributed by atoms with Gasteiger partial charge < -0.3 is 9.84 Å². The van der Waals surface area contributed by atoms with Crippen LogP contribution in [0.25, 0.3) is 11.1 Å². The smallest absolute Gasteiger partial charge is 0.224 e. The van der Waals surface area contributed by atoms with Gasteiger partial charge in [-0.2, -0.15) is 0 Å². The van der Waals surface area contributed by atoms with Crippen molar-refractivity contribution in [3.8, 4) is 16.9 Å². The molecule has 1 atom stereocenters. The summed E-state index contributed by atoms with van der Waals surface area (Å²) in [7, 11) is 0. The monoisotopic (exact) mass is 454 g/mol. The molecule has 0 bridgehead atoms. The van der Waals surface area contributed by atoms with Crippen LogP contribution in [-0.4, -0.2) is 5.11 Å². The lowest BCUT2D eigenvalue weighted by Crippen LogP contribution is -2.13. The molecule has 1 aliphatic rings. The number of aryl methyl sites for hydroxylation is 1.